The van der Waals surface area contributed by atoms with Crippen LogP contribution in [0.1, 0.15) is 30.4 Å². The van der Waals surface area contributed by atoms with Crippen LogP contribution in [-0.2, 0) is 6.42 Å². The van der Waals surface area contributed by atoms with Gasteiger partial charge in [0.05, 0.1) is 0 Å². The van der Waals surface area contributed by atoms with E-state index in [-0.39, 0.29) is 6.42 Å². The number of alkyl halides is 2. The van der Waals surface area contributed by atoms with Crippen LogP contribution in [0.4, 0.5) is 8.78 Å². The molecule has 0 aliphatic heterocycles. The zero-order valence-corrected chi connectivity index (χ0v) is 8.92. The van der Waals surface area contributed by atoms with Crippen molar-refractivity contribution >= 4 is 0 Å². The first-order chi connectivity index (χ1) is 7.13. The first-order valence-corrected chi connectivity index (χ1v) is 5.20. The van der Waals surface area contributed by atoms with E-state index < -0.39 is 6.43 Å². The molecular weight excluding hydrogens is 196 g/mol. The molecule has 3 heteroatoms. The molecule has 0 aliphatic rings. The Labute approximate surface area is 89.3 Å². The van der Waals surface area contributed by atoms with Crippen LogP contribution in [-0.4, -0.2) is 13.0 Å². The molecule has 1 aromatic carbocycles. The normalized spacial score (nSPS) is 13.1. The second-order valence-corrected chi connectivity index (χ2v) is 3.82. The highest BCUT2D eigenvalue weighted by Crippen LogP contribution is 2.19. The molecule has 0 spiro atoms. The molecular formula is C12H17F2N. The third kappa shape index (κ3) is 3.96. The number of nitrogens with two attached hydrogens (primary N) is 1. The van der Waals surface area contributed by atoms with Gasteiger partial charge < -0.3 is 5.73 Å². The van der Waals surface area contributed by atoms with Crippen LogP contribution in [0.3, 0.4) is 0 Å². The van der Waals surface area contributed by atoms with Crippen LogP contribution < -0.4 is 5.73 Å². The van der Waals surface area contributed by atoms with Crippen LogP contribution in [0.25, 0.3) is 0 Å². The molecule has 2 N–H and O–H groups in total. The van der Waals surface area contributed by atoms with Gasteiger partial charge in [0.15, 0.2) is 0 Å². The molecule has 0 aliphatic carbocycles. The highest BCUT2D eigenvalue weighted by molar-refractivity contribution is 5.25. The Bertz CT molecular complexity index is 282. The Morgan fingerprint density at radius 3 is 2.27 bits per heavy atom. The topological polar surface area (TPSA) is 26.0 Å². The fourth-order valence-electron chi connectivity index (χ4n) is 1.58. The predicted octanol–water partition coefficient (Wildman–Crippen LogP) is 2.95. The van der Waals surface area contributed by atoms with Crippen molar-refractivity contribution in [1.82, 2.24) is 0 Å². The molecule has 1 unspecified atom stereocenters. The monoisotopic (exact) mass is 213 g/mol. The van der Waals surface area contributed by atoms with Gasteiger partial charge in [-0.05, 0) is 30.0 Å². The van der Waals surface area contributed by atoms with E-state index in [9.17, 15) is 8.78 Å². The zero-order valence-electron chi connectivity index (χ0n) is 8.92. The SMILES string of the molecule is CC(CCN)c1ccc(CC(F)F)cc1. The molecule has 1 nitrogen and oxygen atoms in total. The maximum atomic E-state index is 12.1. The Balaban J connectivity index is 2.63. The Morgan fingerprint density at radius 2 is 1.80 bits per heavy atom. The summed E-state index contributed by atoms with van der Waals surface area (Å²) in [6, 6.07) is 7.37. The van der Waals surface area contributed by atoms with Crippen LogP contribution in [0, 0.1) is 0 Å². The molecule has 1 aromatic rings. The molecule has 15 heavy (non-hydrogen) atoms. The first-order valence-electron chi connectivity index (χ1n) is 5.20. The van der Waals surface area contributed by atoms with Gasteiger partial charge in [-0.15, -0.1) is 0 Å². The van der Waals surface area contributed by atoms with Crippen molar-refractivity contribution in [1.29, 1.82) is 0 Å². The maximum Gasteiger partial charge on any atom is 0.242 e. The Morgan fingerprint density at radius 1 is 1.20 bits per heavy atom. The van der Waals surface area contributed by atoms with Gasteiger partial charge in [-0.3, -0.25) is 0 Å². The standard InChI is InChI=1S/C12H17F2N/c1-9(6-7-15)11-4-2-10(3-5-11)8-12(13)14/h2-5,9,12H,6-8,15H2,1H3. The van der Waals surface area contributed by atoms with Gasteiger partial charge >= 0.3 is 0 Å². The Hall–Kier alpha value is -0.960. The summed E-state index contributed by atoms with van der Waals surface area (Å²) < 4.78 is 24.2. The lowest BCUT2D eigenvalue weighted by Gasteiger charge is -2.10. The van der Waals surface area contributed by atoms with Crippen LogP contribution in [0.2, 0.25) is 0 Å². The third-order valence-corrected chi connectivity index (χ3v) is 2.54. The Kier molecular flexibility index (Phi) is 4.69. The summed E-state index contributed by atoms with van der Waals surface area (Å²) in [5, 5.41) is 0. The van der Waals surface area contributed by atoms with E-state index in [2.05, 4.69) is 6.92 Å². The highest BCUT2D eigenvalue weighted by atomic mass is 19.3. The van der Waals surface area contributed by atoms with E-state index in [1.165, 1.54) is 5.56 Å². The number of halogens is 2. The van der Waals surface area contributed by atoms with E-state index in [0.717, 1.165) is 6.42 Å². The summed E-state index contributed by atoms with van der Waals surface area (Å²) in [5.41, 5.74) is 7.32. The molecule has 0 aromatic heterocycles. The second-order valence-electron chi connectivity index (χ2n) is 3.82. The maximum absolute atomic E-state index is 12.1. The minimum absolute atomic E-state index is 0.161. The molecule has 1 atom stereocenters. The predicted molar refractivity (Wildman–Crippen MR) is 58.2 cm³/mol. The van der Waals surface area contributed by atoms with Gasteiger partial charge in [0, 0.05) is 6.42 Å². The minimum Gasteiger partial charge on any atom is -0.330 e. The van der Waals surface area contributed by atoms with Crippen molar-refractivity contribution in [3.05, 3.63) is 35.4 Å². The average molecular weight is 213 g/mol. The fraction of sp³-hybridized carbons (Fsp3) is 0.500. The van der Waals surface area contributed by atoms with Crippen LogP contribution in [0.5, 0.6) is 0 Å². The summed E-state index contributed by atoms with van der Waals surface area (Å²) >= 11 is 0. The second kappa shape index (κ2) is 5.81. The van der Waals surface area contributed by atoms with Gasteiger partial charge in [0.25, 0.3) is 0 Å². The van der Waals surface area contributed by atoms with Crippen molar-refractivity contribution in [2.24, 2.45) is 5.73 Å². The molecule has 0 radical (unpaired) electrons. The summed E-state index contributed by atoms with van der Waals surface area (Å²) in [6.45, 7) is 2.74. The molecule has 0 fully saturated rings. The molecule has 84 valence electrons. The lowest BCUT2D eigenvalue weighted by molar-refractivity contribution is 0.149. The summed E-state index contributed by atoms with van der Waals surface area (Å²) in [7, 11) is 0. The van der Waals surface area contributed by atoms with Gasteiger partial charge in [0.1, 0.15) is 0 Å². The number of hydrogen-bond acceptors (Lipinski definition) is 1. The summed E-state index contributed by atoms with van der Waals surface area (Å²) in [6.07, 6.45) is -1.50. The van der Waals surface area contributed by atoms with Crippen molar-refractivity contribution < 1.29 is 8.78 Å². The molecule has 0 heterocycles. The lowest BCUT2D eigenvalue weighted by Crippen LogP contribution is -2.04. The van der Waals surface area contributed by atoms with Crippen molar-refractivity contribution in [3.63, 3.8) is 0 Å². The van der Waals surface area contributed by atoms with E-state index in [0.29, 0.717) is 18.0 Å². The van der Waals surface area contributed by atoms with Gasteiger partial charge in [-0.2, -0.15) is 0 Å². The lowest BCUT2D eigenvalue weighted by atomic mass is 9.96. The molecule has 0 saturated heterocycles. The van der Waals surface area contributed by atoms with Gasteiger partial charge in [-0.25, -0.2) is 8.78 Å². The quantitative estimate of drug-likeness (QED) is 0.799. The van der Waals surface area contributed by atoms with E-state index in [4.69, 9.17) is 5.73 Å². The summed E-state index contributed by atoms with van der Waals surface area (Å²) in [5.74, 6) is 0.399. The molecule has 1 rings (SSSR count). The number of benzene rings is 1. The largest absolute Gasteiger partial charge is 0.330 e. The van der Waals surface area contributed by atoms with Crippen molar-refractivity contribution in [3.8, 4) is 0 Å². The van der Waals surface area contributed by atoms with Crippen LogP contribution in [0.15, 0.2) is 24.3 Å². The highest BCUT2D eigenvalue weighted by Gasteiger charge is 2.06. The smallest absolute Gasteiger partial charge is 0.242 e. The first kappa shape index (κ1) is 12.1. The number of hydrogen-bond donors (Lipinski definition) is 1. The van der Waals surface area contributed by atoms with E-state index in [1.807, 2.05) is 12.1 Å². The minimum atomic E-state index is -2.27. The van der Waals surface area contributed by atoms with Gasteiger partial charge in [0.2, 0.25) is 6.43 Å². The van der Waals surface area contributed by atoms with Crippen LogP contribution >= 0.6 is 0 Å². The average Bonchev–Trinajstić information content (AvgIpc) is 2.18. The third-order valence-electron chi connectivity index (χ3n) is 2.54. The van der Waals surface area contributed by atoms with E-state index >= 15 is 0 Å². The van der Waals surface area contributed by atoms with Crippen molar-refractivity contribution in [2.45, 2.75) is 32.1 Å². The van der Waals surface area contributed by atoms with Crippen molar-refractivity contribution in [2.75, 3.05) is 6.54 Å². The van der Waals surface area contributed by atoms with E-state index in [1.54, 1.807) is 12.1 Å². The fourth-order valence-corrected chi connectivity index (χ4v) is 1.58. The molecule has 0 amide bonds. The number of rotatable bonds is 5. The molecule has 0 saturated carbocycles. The van der Waals surface area contributed by atoms with Gasteiger partial charge in [-0.1, -0.05) is 31.2 Å². The zero-order chi connectivity index (χ0) is 11.3. The summed E-state index contributed by atoms with van der Waals surface area (Å²) in [4.78, 5) is 0. The molecule has 0 bridgehead atoms.